The van der Waals surface area contributed by atoms with Gasteiger partial charge in [-0.2, -0.15) is 8.61 Å². The molecule has 2 saturated heterocycles. The highest BCUT2D eigenvalue weighted by atomic mass is 35.5. The van der Waals surface area contributed by atoms with Crippen LogP contribution in [0.5, 0.6) is 0 Å². The number of hydrogen-bond donors (Lipinski definition) is 0. The molecule has 0 bridgehead atoms. The van der Waals surface area contributed by atoms with Gasteiger partial charge >= 0.3 is 0 Å². The normalized spacial score (nSPS) is 15.5. The predicted octanol–water partition coefficient (Wildman–Crippen LogP) is 9.21. The van der Waals surface area contributed by atoms with Gasteiger partial charge in [0.15, 0.2) is 10.3 Å². The molecule has 2 aliphatic heterocycles. The Morgan fingerprint density at radius 2 is 0.983 bits per heavy atom. The van der Waals surface area contributed by atoms with E-state index >= 15 is 0 Å². The van der Waals surface area contributed by atoms with Crippen molar-refractivity contribution in [3.05, 3.63) is 150 Å². The molecule has 10 nitrogen and oxygen atoms in total. The maximum Gasteiger partial charge on any atom is 0.243 e. The third-order valence-electron chi connectivity index (χ3n) is 10.0. The molecular formula is C42H42Cl3FN6O4S4. The minimum absolute atomic E-state index is 0.0981. The molecule has 0 spiro atoms. The van der Waals surface area contributed by atoms with Crippen LogP contribution >= 0.6 is 57.5 Å². The Kier molecular flexibility index (Phi) is 14.2. The molecule has 0 amide bonds. The van der Waals surface area contributed by atoms with Crippen LogP contribution in [0.15, 0.2) is 105 Å². The lowest BCUT2D eigenvalue weighted by atomic mass is 10.0. The number of rotatable bonds is 10. The fourth-order valence-corrected chi connectivity index (χ4v) is 12.1. The van der Waals surface area contributed by atoms with Gasteiger partial charge in [-0.15, -0.1) is 22.7 Å². The molecule has 2 aromatic heterocycles. The summed E-state index contributed by atoms with van der Waals surface area (Å²) in [5, 5.41) is 6.99. The van der Waals surface area contributed by atoms with Crippen molar-refractivity contribution in [2.45, 2.75) is 36.5 Å². The lowest BCUT2D eigenvalue weighted by Gasteiger charge is -2.33. The van der Waals surface area contributed by atoms with E-state index in [0.29, 0.717) is 68.8 Å². The number of nitrogens with zero attached hydrogens (tertiary/aromatic N) is 6. The Morgan fingerprint density at radius 3 is 1.40 bits per heavy atom. The maximum absolute atomic E-state index is 13.3. The Hall–Kier alpha value is -3.64. The second-order valence-corrected chi connectivity index (χ2v) is 21.4. The van der Waals surface area contributed by atoms with E-state index in [9.17, 15) is 21.2 Å². The molecule has 0 unspecified atom stereocenters. The molecule has 0 saturated carbocycles. The molecule has 0 radical (unpaired) electrons. The maximum atomic E-state index is 13.3. The van der Waals surface area contributed by atoms with E-state index < -0.39 is 25.9 Å². The van der Waals surface area contributed by atoms with Crippen molar-refractivity contribution in [3.8, 4) is 0 Å². The minimum atomic E-state index is -3.54. The fraction of sp³-hybridized carbons (Fsp3) is 0.286. The monoisotopic (exact) mass is 946 g/mol. The van der Waals surface area contributed by atoms with Crippen LogP contribution in [0.25, 0.3) is 0 Å². The molecule has 6 aromatic rings. The number of anilines is 2. The molecule has 0 atom stereocenters. The number of piperazine rings is 2. The van der Waals surface area contributed by atoms with E-state index in [2.05, 4.69) is 52.2 Å². The summed E-state index contributed by atoms with van der Waals surface area (Å²) in [6.07, 6.45) is 1.37. The SMILES string of the molecule is Cc1cc(C)cc(Cc2csc(N3CCN(S(=O)(=O)c4ccc(Cl)cc4)CC3)n2)c1.O=S(=O)(c1ccc(Cl)cc1)N1CCN(c2nc(Cc3ccc(F)c(Cl)c3)cs2)CC1. The number of aryl methyl sites for hydroxylation is 2. The zero-order valence-corrected chi connectivity index (χ0v) is 38.3. The van der Waals surface area contributed by atoms with E-state index in [1.807, 2.05) is 5.38 Å². The van der Waals surface area contributed by atoms with Gasteiger partial charge < -0.3 is 9.80 Å². The van der Waals surface area contributed by atoms with Crippen molar-refractivity contribution in [3.63, 3.8) is 0 Å². The van der Waals surface area contributed by atoms with Gasteiger partial charge in [-0.25, -0.2) is 31.2 Å². The third kappa shape index (κ3) is 10.9. The Bertz CT molecular complexity index is 2630. The second kappa shape index (κ2) is 19.2. The fourth-order valence-electron chi connectivity index (χ4n) is 7.04. The summed E-state index contributed by atoms with van der Waals surface area (Å²) in [7, 11) is -7.04. The lowest BCUT2D eigenvalue weighted by molar-refractivity contribution is 0.384. The highest BCUT2D eigenvalue weighted by Gasteiger charge is 2.31. The highest BCUT2D eigenvalue weighted by Crippen LogP contribution is 2.28. The zero-order valence-electron chi connectivity index (χ0n) is 32.8. The summed E-state index contributed by atoms with van der Waals surface area (Å²) < 4.78 is 67.7. The topological polar surface area (TPSA) is 107 Å². The Morgan fingerprint density at radius 1 is 0.567 bits per heavy atom. The van der Waals surface area contributed by atoms with Gasteiger partial charge in [-0.1, -0.05) is 70.2 Å². The third-order valence-corrected chi connectivity index (χ3v) is 16.6. The zero-order chi connectivity index (χ0) is 42.6. The van der Waals surface area contributed by atoms with E-state index in [0.717, 1.165) is 33.6 Å². The van der Waals surface area contributed by atoms with Gasteiger partial charge in [0.2, 0.25) is 20.0 Å². The summed E-state index contributed by atoms with van der Waals surface area (Å²) in [6.45, 7) is 8.24. The van der Waals surface area contributed by atoms with Gasteiger partial charge in [0.05, 0.1) is 26.2 Å². The molecule has 2 fully saturated rings. The molecule has 18 heteroatoms. The van der Waals surface area contributed by atoms with Crippen LogP contribution in [-0.4, -0.2) is 87.8 Å². The van der Waals surface area contributed by atoms with Gasteiger partial charge in [0, 0.05) is 86.0 Å². The largest absolute Gasteiger partial charge is 0.345 e. The highest BCUT2D eigenvalue weighted by molar-refractivity contribution is 7.89. The molecule has 4 heterocycles. The molecule has 316 valence electrons. The molecule has 60 heavy (non-hydrogen) atoms. The van der Waals surface area contributed by atoms with Crippen molar-refractivity contribution in [2.75, 3.05) is 62.2 Å². The van der Waals surface area contributed by atoms with Crippen LogP contribution in [0.2, 0.25) is 15.1 Å². The van der Waals surface area contributed by atoms with Crippen molar-refractivity contribution in [1.82, 2.24) is 18.6 Å². The molecule has 0 aliphatic carbocycles. The van der Waals surface area contributed by atoms with E-state index in [1.165, 1.54) is 54.8 Å². The van der Waals surface area contributed by atoms with E-state index in [-0.39, 0.29) is 14.8 Å². The van der Waals surface area contributed by atoms with Gasteiger partial charge in [0.25, 0.3) is 0 Å². The van der Waals surface area contributed by atoms with Crippen molar-refractivity contribution in [2.24, 2.45) is 0 Å². The van der Waals surface area contributed by atoms with Gasteiger partial charge in [0.1, 0.15) is 5.82 Å². The quantitative estimate of drug-likeness (QED) is 0.134. The molecule has 8 rings (SSSR count). The van der Waals surface area contributed by atoms with Crippen LogP contribution in [0.4, 0.5) is 14.7 Å². The Balaban J connectivity index is 0.000000181. The van der Waals surface area contributed by atoms with Crippen LogP contribution in [0.3, 0.4) is 0 Å². The average Bonchev–Trinajstić information content (AvgIpc) is 3.90. The van der Waals surface area contributed by atoms with Gasteiger partial charge in [-0.05, 0) is 85.6 Å². The summed E-state index contributed by atoms with van der Waals surface area (Å²) >= 11 is 20.7. The molecular weight excluding hydrogens is 906 g/mol. The summed E-state index contributed by atoms with van der Waals surface area (Å²) in [4.78, 5) is 14.2. The molecule has 0 N–H and O–H groups in total. The van der Waals surface area contributed by atoms with Crippen LogP contribution in [-0.2, 0) is 32.9 Å². The van der Waals surface area contributed by atoms with Crippen LogP contribution in [0, 0.1) is 19.7 Å². The first kappa shape index (κ1) is 44.4. The minimum Gasteiger partial charge on any atom is -0.345 e. The molecule has 4 aromatic carbocycles. The summed E-state index contributed by atoms with van der Waals surface area (Å²) in [5.74, 6) is -0.439. The van der Waals surface area contributed by atoms with Crippen molar-refractivity contribution in [1.29, 1.82) is 0 Å². The number of aromatic nitrogens is 2. The van der Waals surface area contributed by atoms with Crippen LogP contribution < -0.4 is 9.80 Å². The predicted molar refractivity (Wildman–Crippen MR) is 242 cm³/mol. The number of halogens is 4. The smallest absolute Gasteiger partial charge is 0.243 e. The first-order valence-electron chi connectivity index (χ1n) is 19.1. The second-order valence-electron chi connectivity index (χ2n) is 14.5. The summed E-state index contributed by atoms with van der Waals surface area (Å²) in [6, 6.07) is 23.8. The lowest BCUT2D eigenvalue weighted by Crippen LogP contribution is -2.48. The number of sulfonamides is 2. The first-order chi connectivity index (χ1) is 28.6. The number of benzene rings is 4. The van der Waals surface area contributed by atoms with Gasteiger partial charge in [-0.3, -0.25) is 0 Å². The van der Waals surface area contributed by atoms with Crippen LogP contribution in [0.1, 0.15) is 33.6 Å². The standard InChI is InChI=1S/C22H24ClN3O2S2.C20H18Cl2FN3O2S2/c1-16-11-17(2)13-18(12-16)14-20-15-29-22(24-20)25-7-9-26(10-8-25)30(27,28)21-5-3-19(23)4-6-21;21-15-2-4-17(5-3-15)30(27,28)26-9-7-25(8-10-26)20-24-16(13-29-20)11-14-1-6-19(23)18(22)12-14/h3-6,11-13,15H,7-10,14H2,1-2H3;1-6,12-13H,7-11H2. The van der Waals surface area contributed by atoms with Crippen molar-refractivity contribution >= 4 is 87.8 Å². The van der Waals surface area contributed by atoms with E-state index in [4.69, 9.17) is 39.8 Å². The summed E-state index contributed by atoms with van der Waals surface area (Å²) in [5.41, 5.74) is 6.60. The van der Waals surface area contributed by atoms with Crippen molar-refractivity contribution < 1.29 is 21.2 Å². The average molecular weight is 948 g/mol. The number of thiazole rings is 2. The Labute approximate surface area is 373 Å². The number of hydrogen-bond acceptors (Lipinski definition) is 10. The van der Waals surface area contributed by atoms with E-state index in [1.54, 1.807) is 59.9 Å². The first-order valence-corrected chi connectivity index (χ1v) is 24.8. The molecule has 2 aliphatic rings.